The van der Waals surface area contributed by atoms with Crippen LogP contribution in [0.2, 0.25) is 0 Å². The smallest absolute Gasteiger partial charge is 0.174 e. The summed E-state index contributed by atoms with van der Waals surface area (Å²) in [5.74, 6) is 0. The summed E-state index contributed by atoms with van der Waals surface area (Å²) in [6.45, 7) is 0. The Morgan fingerprint density at radius 2 is 2.00 bits per heavy atom. The summed E-state index contributed by atoms with van der Waals surface area (Å²) in [5.41, 5.74) is -1.60. The highest BCUT2D eigenvalue weighted by Gasteiger charge is 2.40. The summed E-state index contributed by atoms with van der Waals surface area (Å²) >= 11 is 0. The Morgan fingerprint density at radius 1 is 1.50 bits per heavy atom. The van der Waals surface area contributed by atoms with Crippen LogP contribution in [0.5, 0.6) is 0 Å². The lowest BCUT2D eigenvalue weighted by Crippen LogP contribution is -2.33. The lowest BCUT2D eigenvalue weighted by atomic mass is 9.98. The molecule has 0 aromatic rings. The van der Waals surface area contributed by atoms with E-state index in [0.29, 0.717) is 12.8 Å². The topological polar surface area (TPSA) is 44.0 Å². The molecule has 0 radical (unpaired) electrons. The van der Waals surface area contributed by atoms with Crippen LogP contribution in [0.3, 0.4) is 0 Å². The molecule has 3 heteroatoms. The van der Waals surface area contributed by atoms with Crippen LogP contribution in [-0.2, 0) is 0 Å². The monoisotopic (exact) mass is 143 g/mol. The number of hydrogen-bond donors (Lipinski definition) is 1. The molecule has 0 amide bonds. The Kier molecular flexibility index (Phi) is 1.91. The van der Waals surface area contributed by atoms with Crippen LogP contribution in [0, 0.1) is 11.3 Å². The fourth-order valence-electron chi connectivity index (χ4n) is 1.35. The molecule has 10 heavy (non-hydrogen) atoms. The average Bonchev–Trinajstić information content (AvgIpc) is 2.36. The van der Waals surface area contributed by atoms with E-state index >= 15 is 0 Å². The highest BCUT2D eigenvalue weighted by atomic mass is 19.1. The minimum atomic E-state index is -1.60. The Bertz CT molecular complexity index is 157. The van der Waals surface area contributed by atoms with Crippen LogP contribution in [0.25, 0.3) is 0 Å². The molecule has 0 bridgehead atoms. The number of nitrogens with zero attached hydrogens (tertiary/aromatic N) is 1. The van der Waals surface area contributed by atoms with Crippen LogP contribution >= 0.6 is 0 Å². The molecule has 1 atom stereocenters. The van der Waals surface area contributed by atoms with Crippen LogP contribution in [0.15, 0.2) is 0 Å². The van der Waals surface area contributed by atoms with Gasteiger partial charge in [-0.05, 0) is 12.8 Å². The van der Waals surface area contributed by atoms with Crippen molar-refractivity contribution in [2.24, 2.45) is 0 Å². The summed E-state index contributed by atoms with van der Waals surface area (Å²) in [5, 5.41) is 17.1. The summed E-state index contributed by atoms with van der Waals surface area (Å²) < 4.78 is 13.2. The minimum absolute atomic E-state index is 0.335. The lowest BCUT2D eigenvalue weighted by molar-refractivity contribution is 0.0313. The number of nitriles is 1. The number of halogens is 1. The van der Waals surface area contributed by atoms with Gasteiger partial charge in [0.2, 0.25) is 0 Å². The fourth-order valence-corrected chi connectivity index (χ4v) is 1.35. The second-order valence-corrected chi connectivity index (χ2v) is 2.77. The third-order valence-corrected chi connectivity index (χ3v) is 2.05. The first-order valence-corrected chi connectivity index (χ1v) is 3.46. The first-order valence-electron chi connectivity index (χ1n) is 3.46. The maximum absolute atomic E-state index is 13.2. The van der Waals surface area contributed by atoms with Crippen molar-refractivity contribution in [1.29, 1.82) is 5.26 Å². The summed E-state index contributed by atoms with van der Waals surface area (Å²) in [6.07, 6.45) is 0.823. The van der Waals surface area contributed by atoms with Gasteiger partial charge in [-0.2, -0.15) is 5.26 Å². The van der Waals surface area contributed by atoms with Crippen molar-refractivity contribution in [2.45, 2.75) is 37.5 Å². The molecule has 1 fully saturated rings. The third-order valence-electron chi connectivity index (χ3n) is 2.05. The second kappa shape index (κ2) is 2.55. The molecule has 0 aromatic heterocycles. The molecule has 1 aliphatic rings. The first-order chi connectivity index (χ1) is 4.69. The summed E-state index contributed by atoms with van der Waals surface area (Å²) in [6, 6.07) is 1.53. The van der Waals surface area contributed by atoms with E-state index in [-0.39, 0.29) is 0 Å². The predicted octanol–water partition coefficient (Wildman–Crippen LogP) is 1.15. The number of aliphatic hydroxyl groups excluding tert-OH is 1. The van der Waals surface area contributed by atoms with Gasteiger partial charge in [-0.3, -0.25) is 0 Å². The minimum Gasteiger partial charge on any atom is -0.375 e. The van der Waals surface area contributed by atoms with Crippen LogP contribution in [0.1, 0.15) is 25.7 Å². The highest BCUT2D eigenvalue weighted by Crippen LogP contribution is 2.35. The molecule has 1 N–H and O–H groups in total. The largest absolute Gasteiger partial charge is 0.375 e. The van der Waals surface area contributed by atoms with Gasteiger partial charge in [-0.15, -0.1) is 0 Å². The van der Waals surface area contributed by atoms with E-state index in [9.17, 15) is 4.39 Å². The van der Waals surface area contributed by atoms with E-state index in [1.807, 2.05) is 0 Å². The number of rotatable bonds is 1. The normalized spacial score (nSPS) is 25.7. The van der Waals surface area contributed by atoms with Gasteiger partial charge in [0, 0.05) is 0 Å². The molecule has 1 aliphatic carbocycles. The van der Waals surface area contributed by atoms with Crippen molar-refractivity contribution in [3.63, 3.8) is 0 Å². The zero-order valence-electron chi connectivity index (χ0n) is 5.68. The van der Waals surface area contributed by atoms with E-state index < -0.39 is 11.8 Å². The first kappa shape index (κ1) is 7.49. The number of aliphatic hydroxyl groups is 1. The van der Waals surface area contributed by atoms with Crippen molar-refractivity contribution >= 4 is 0 Å². The van der Waals surface area contributed by atoms with E-state index in [0.717, 1.165) is 12.8 Å². The quantitative estimate of drug-likeness (QED) is 0.559. The van der Waals surface area contributed by atoms with Gasteiger partial charge in [0.15, 0.2) is 6.10 Å². The third kappa shape index (κ3) is 1.12. The molecule has 0 unspecified atom stereocenters. The Morgan fingerprint density at radius 3 is 2.40 bits per heavy atom. The van der Waals surface area contributed by atoms with Crippen LogP contribution < -0.4 is 0 Å². The van der Waals surface area contributed by atoms with Crippen molar-refractivity contribution in [3.05, 3.63) is 0 Å². The number of alkyl halides is 1. The van der Waals surface area contributed by atoms with Gasteiger partial charge >= 0.3 is 0 Å². The number of hydrogen-bond acceptors (Lipinski definition) is 2. The van der Waals surface area contributed by atoms with Crippen molar-refractivity contribution in [2.75, 3.05) is 0 Å². The van der Waals surface area contributed by atoms with E-state index in [2.05, 4.69) is 0 Å². The van der Waals surface area contributed by atoms with Crippen molar-refractivity contribution < 1.29 is 9.50 Å². The Hall–Kier alpha value is -0.620. The lowest BCUT2D eigenvalue weighted by Gasteiger charge is -2.19. The van der Waals surface area contributed by atoms with Crippen LogP contribution in [0.4, 0.5) is 4.39 Å². The SMILES string of the molecule is N#C[C@H](O)C1(F)CCCC1. The van der Waals surface area contributed by atoms with Crippen LogP contribution in [-0.4, -0.2) is 16.9 Å². The second-order valence-electron chi connectivity index (χ2n) is 2.77. The fraction of sp³-hybridized carbons (Fsp3) is 0.857. The van der Waals surface area contributed by atoms with E-state index in [4.69, 9.17) is 10.4 Å². The van der Waals surface area contributed by atoms with Gasteiger partial charge in [0.05, 0.1) is 6.07 Å². The van der Waals surface area contributed by atoms with Crippen molar-refractivity contribution in [3.8, 4) is 6.07 Å². The van der Waals surface area contributed by atoms with E-state index in [1.165, 1.54) is 6.07 Å². The van der Waals surface area contributed by atoms with Crippen molar-refractivity contribution in [1.82, 2.24) is 0 Å². The van der Waals surface area contributed by atoms with Gasteiger partial charge in [-0.25, -0.2) is 4.39 Å². The molecule has 1 rings (SSSR count). The summed E-state index contributed by atoms with van der Waals surface area (Å²) in [4.78, 5) is 0. The van der Waals surface area contributed by atoms with Gasteiger partial charge in [0.1, 0.15) is 5.67 Å². The molecule has 56 valence electrons. The zero-order valence-corrected chi connectivity index (χ0v) is 5.68. The Labute approximate surface area is 59.3 Å². The highest BCUT2D eigenvalue weighted by molar-refractivity contribution is 5.02. The molecular formula is C7H10FNO. The molecule has 0 aromatic carbocycles. The molecule has 2 nitrogen and oxygen atoms in total. The molecule has 0 spiro atoms. The van der Waals surface area contributed by atoms with Gasteiger partial charge in [-0.1, -0.05) is 12.8 Å². The van der Waals surface area contributed by atoms with Gasteiger partial charge in [0.25, 0.3) is 0 Å². The maximum Gasteiger partial charge on any atom is 0.174 e. The molecule has 0 aliphatic heterocycles. The zero-order chi connectivity index (χ0) is 7.61. The Balaban J connectivity index is 2.60. The molecular weight excluding hydrogens is 133 g/mol. The predicted molar refractivity (Wildman–Crippen MR) is 33.9 cm³/mol. The molecule has 0 heterocycles. The standard InChI is InChI=1S/C7H10FNO/c8-7(6(10)5-9)3-1-2-4-7/h6,10H,1-4H2/t6-/m0/s1. The molecule has 0 saturated heterocycles. The van der Waals surface area contributed by atoms with E-state index in [1.54, 1.807) is 0 Å². The van der Waals surface area contributed by atoms with Gasteiger partial charge < -0.3 is 5.11 Å². The average molecular weight is 143 g/mol. The maximum atomic E-state index is 13.2. The summed E-state index contributed by atoms with van der Waals surface area (Å²) in [7, 11) is 0. The molecule has 1 saturated carbocycles.